The van der Waals surface area contributed by atoms with Crippen molar-refractivity contribution in [3.05, 3.63) is 48.0 Å². The van der Waals surface area contributed by atoms with Crippen LogP contribution >= 0.6 is 0 Å². The number of sulfonamides is 1. The monoisotopic (exact) mass is 463 g/mol. The van der Waals surface area contributed by atoms with Gasteiger partial charge in [0.05, 0.1) is 19.8 Å². The van der Waals surface area contributed by atoms with Gasteiger partial charge in [0.25, 0.3) is 0 Å². The third-order valence-electron chi connectivity index (χ3n) is 5.37. The molecule has 0 aliphatic carbocycles. The van der Waals surface area contributed by atoms with Crippen molar-refractivity contribution in [2.75, 3.05) is 34.0 Å². The fourth-order valence-corrected chi connectivity index (χ4v) is 5.49. The number of carbonyl (C=O) groups is 1. The van der Waals surface area contributed by atoms with Gasteiger partial charge in [0.2, 0.25) is 10.0 Å². The Balaban J connectivity index is 1.66. The Hall–Kier alpha value is -2.78. The lowest BCUT2D eigenvalue weighted by atomic mass is 10.1. The van der Waals surface area contributed by atoms with Gasteiger partial charge in [-0.2, -0.15) is 4.31 Å². The minimum atomic E-state index is -3.81. The molecule has 0 amide bonds. The molecule has 1 aliphatic heterocycles. The van der Waals surface area contributed by atoms with Crippen LogP contribution in [0.1, 0.15) is 36.5 Å². The lowest BCUT2D eigenvalue weighted by Crippen LogP contribution is -2.42. The third-order valence-corrected chi connectivity index (χ3v) is 7.41. The van der Waals surface area contributed by atoms with Crippen molar-refractivity contribution in [2.24, 2.45) is 0 Å². The van der Waals surface area contributed by atoms with Gasteiger partial charge in [-0.1, -0.05) is 6.42 Å². The number of benzene rings is 2. The number of hydrogen-bond acceptors (Lipinski definition) is 7. The van der Waals surface area contributed by atoms with Gasteiger partial charge in [-0.15, -0.1) is 0 Å². The molecule has 0 radical (unpaired) electrons. The third kappa shape index (κ3) is 5.52. The van der Waals surface area contributed by atoms with Crippen LogP contribution in [-0.4, -0.2) is 58.7 Å². The van der Waals surface area contributed by atoms with E-state index in [9.17, 15) is 13.2 Å². The first-order valence-corrected chi connectivity index (χ1v) is 11.9. The zero-order chi connectivity index (χ0) is 23.1. The van der Waals surface area contributed by atoms with Gasteiger partial charge < -0.3 is 18.9 Å². The van der Waals surface area contributed by atoms with Crippen LogP contribution in [0.15, 0.2) is 47.4 Å². The fourth-order valence-electron chi connectivity index (χ4n) is 3.61. The van der Waals surface area contributed by atoms with Crippen LogP contribution in [0.2, 0.25) is 0 Å². The van der Waals surface area contributed by atoms with Gasteiger partial charge in [-0.05, 0) is 62.2 Å². The van der Waals surface area contributed by atoms with E-state index in [1.165, 1.54) is 29.6 Å². The molecular formula is C23H29NO7S. The Kier molecular flexibility index (Phi) is 7.98. The molecule has 9 heteroatoms. The summed E-state index contributed by atoms with van der Waals surface area (Å²) in [5, 5.41) is 0. The van der Waals surface area contributed by atoms with Gasteiger partial charge in [0.1, 0.15) is 35.4 Å². The van der Waals surface area contributed by atoms with Crippen LogP contribution in [0, 0.1) is 0 Å². The molecule has 174 valence electrons. The lowest BCUT2D eigenvalue weighted by Gasteiger charge is -2.32. The molecule has 1 heterocycles. The molecule has 32 heavy (non-hydrogen) atoms. The van der Waals surface area contributed by atoms with Crippen molar-refractivity contribution in [3.63, 3.8) is 0 Å². The first-order chi connectivity index (χ1) is 15.4. The Morgan fingerprint density at radius 1 is 1.00 bits per heavy atom. The van der Waals surface area contributed by atoms with E-state index >= 15 is 0 Å². The molecule has 1 unspecified atom stereocenters. The van der Waals surface area contributed by atoms with Crippen molar-refractivity contribution >= 4 is 16.0 Å². The van der Waals surface area contributed by atoms with Gasteiger partial charge >= 0.3 is 5.97 Å². The SMILES string of the molecule is COc1ccc(OCCOC(=O)c2ccc(OC)c(S(=O)(=O)N3CCCCC3C)c2)cc1. The van der Waals surface area contributed by atoms with Crippen molar-refractivity contribution in [1.82, 2.24) is 4.31 Å². The second kappa shape index (κ2) is 10.7. The first kappa shape index (κ1) is 23.9. The number of esters is 1. The Morgan fingerprint density at radius 3 is 2.38 bits per heavy atom. The zero-order valence-corrected chi connectivity index (χ0v) is 19.4. The smallest absolute Gasteiger partial charge is 0.338 e. The fraction of sp³-hybridized carbons (Fsp3) is 0.435. The normalized spacial score (nSPS) is 16.9. The van der Waals surface area contributed by atoms with E-state index < -0.39 is 16.0 Å². The molecule has 0 aromatic heterocycles. The van der Waals surface area contributed by atoms with Crippen molar-refractivity contribution in [3.8, 4) is 17.2 Å². The van der Waals surface area contributed by atoms with E-state index in [1.54, 1.807) is 31.4 Å². The van der Waals surface area contributed by atoms with E-state index in [1.807, 2.05) is 6.92 Å². The van der Waals surface area contributed by atoms with E-state index in [2.05, 4.69) is 0 Å². The highest BCUT2D eigenvalue weighted by atomic mass is 32.2. The minimum Gasteiger partial charge on any atom is -0.497 e. The molecule has 0 spiro atoms. The average molecular weight is 464 g/mol. The lowest BCUT2D eigenvalue weighted by molar-refractivity contribution is 0.0450. The topological polar surface area (TPSA) is 91.4 Å². The molecular weight excluding hydrogens is 434 g/mol. The summed E-state index contributed by atoms with van der Waals surface area (Å²) in [6, 6.07) is 11.2. The van der Waals surface area contributed by atoms with Gasteiger partial charge in [0.15, 0.2) is 0 Å². The summed E-state index contributed by atoms with van der Waals surface area (Å²) in [6.07, 6.45) is 2.61. The second-order valence-electron chi connectivity index (χ2n) is 7.49. The number of ether oxygens (including phenoxy) is 4. The molecule has 3 rings (SSSR count). The molecule has 1 aliphatic rings. The predicted octanol–water partition coefficient (Wildman–Crippen LogP) is 3.50. The van der Waals surface area contributed by atoms with Crippen LogP contribution in [0.5, 0.6) is 17.2 Å². The maximum absolute atomic E-state index is 13.3. The second-order valence-corrected chi connectivity index (χ2v) is 9.35. The van der Waals surface area contributed by atoms with Gasteiger partial charge in [-0.3, -0.25) is 0 Å². The number of piperidine rings is 1. The molecule has 2 aromatic rings. The van der Waals surface area contributed by atoms with Crippen LogP contribution in [0.4, 0.5) is 0 Å². The van der Waals surface area contributed by atoms with Crippen LogP contribution in [0.25, 0.3) is 0 Å². The van der Waals surface area contributed by atoms with E-state index in [4.69, 9.17) is 18.9 Å². The van der Waals surface area contributed by atoms with Crippen molar-refractivity contribution in [1.29, 1.82) is 0 Å². The molecule has 2 aromatic carbocycles. The minimum absolute atomic E-state index is 0.0160. The number of rotatable bonds is 9. The molecule has 0 N–H and O–H groups in total. The quantitative estimate of drug-likeness (QED) is 0.415. The maximum atomic E-state index is 13.3. The average Bonchev–Trinajstić information content (AvgIpc) is 2.81. The summed E-state index contributed by atoms with van der Waals surface area (Å²) in [6.45, 7) is 2.51. The van der Waals surface area contributed by atoms with Crippen molar-refractivity contribution in [2.45, 2.75) is 37.1 Å². The zero-order valence-electron chi connectivity index (χ0n) is 18.6. The Morgan fingerprint density at radius 2 is 1.72 bits per heavy atom. The summed E-state index contributed by atoms with van der Waals surface area (Å²) in [5.74, 6) is 0.902. The van der Waals surface area contributed by atoms with Crippen LogP contribution in [0.3, 0.4) is 0 Å². The summed E-state index contributed by atoms with van der Waals surface area (Å²) in [4.78, 5) is 12.5. The van der Waals surface area contributed by atoms with Gasteiger partial charge in [-0.25, -0.2) is 13.2 Å². The highest BCUT2D eigenvalue weighted by Crippen LogP contribution is 2.31. The number of carbonyl (C=O) groups excluding carboxylic acids is 1. The largest absolute Gasteiger partial charge is 0.497 e. The van der Waals surface area contributed by atoms with Gasteiger partial charge in [0, 0.05) is 12.6 Å². The summed E-state index contributed by atoms with van der Waals surface area (Å²) < 4.78 is 49.2. The summed E-state index contributed by atoms with van der Waals surface area (Å²) in [7, 11) is -0.825. The van der Waals surface area contributed by atoms with E-state index in [0.29, 0.717) is 18.0 Å². The predicted molar refractivity (Wildman–Crippen MR) is 119 cm³/mol. The molecule has 1 fully saturated rings. The molecule has 1 atom stereocenters. The van der Waals surface area contributed by atoms with E-state index in [0.717, 1.165) is 19.3 Å². The first-order valence-electron chi connectivity index (χ1n) is 10.5. The number of methoxy groups -OCH3 is 2. The van der Waals surface area contributed by atoms with Crippen molar-refractivity contribution < 1.29 is 32.2 Å². The molecule has 1 saturated heterocycles. The maximum Gasteiger partial charge on any atom is 0.338 e. The molecule has 0 saturated carbocycles. The standard InChI is InChI=1S/C23H29NO7S/c1-17-6-4-5-13-24(17)32(26,27)22-16-18(7-12-21(22)29-3)23(25)31-15-14-30-20-10-8-19(28-2)9-11-20/h7-12,16-17H,4-6,13-15H2,1-3H3. The molecule has 8 nitrogen and oxygen atoms in total. The summed E-state index contributed by atoms with van der Waals surface area (Å²) >= 11 is 0. The Labute approximate surface area is 189 Å². The number of nitrogens with zero attached hydrogens (tertiary/aromatic N) is 1. The van der Waals surface area contributed by atoms with E-state index in [-0.39, 0.29) is 35.5 Å². The Bertz CT molecular complexity index is 1020. The molecule has 0 bridgehead atoms. The summed E-state index contributed by atoms with van der Waals surface area (Å²) in [5.41, 5.74) is 0.137. The number of hydrogen-bond donors (Lipinski definition) is 0. The van der Waals surface area contributed by atoms with Crippen LogP contribution < -0.4 is 14.2 Å². The highest BCUT2D eigenvalue weighted by molar-refractivity contribution is 7.89. The van der Waals surface area contributed by atoms with Crippen LogP contribution in [-0.2, 0) is 14.8 Å². The highest BCUT2D eigenvalue weighted by Gasteiger charge is 2.33.